The van der Waals surface area contributed by atoms with Crippen molar-refractivity contribution < 1.29 is 18.4 Å². The Morgan fingerprint density at radius 1 is 0.714 bits per heavy atom. The van der Waals surface area contributed by atoms with E-state index in [2.05, 4.69) is 10.6 Å². The van der Waals surface area contributed by atoms with Crippen LogP contribution in [-0.4, -0.2) is 11.8 Å². The third kappa shape index (κ3) is 4.06. The second-order valence-electron chi connectivity index (χ2n) is 6.33. The number of hydrogen-bond donors (Lipinski definition) is 2. The summed E-state index contributed by atoms with van der Waals surface area (Å²) in [6, 6.07) is 14.7. The highest BCUT2D eigenvalue weighted by Gasteiger charge is 2.14. The van der Waals surface area contributed by atoms with E-state index in [0.29, 0.717) is 11.3 Å². The van der Waals surface area contributed by atoms with Crippen molar-refractivity contribution in [2.24, 2.45) is 0 Å². The first-order chi connectivity index (χ1) is 13.4. The largest absolute Gasteiger partial charge is 0.322 e. The van der Waals surface area contributed by atoms with E-state index >= 15 is 0 Å². The third-order valence-electron chi connectivity index (χ3n) is 4.46. The highest BCUT2D eigenvalue weighted by molar-refractivity contribution is 6.07. The van der Waals surface area contributed by atoms with Gasteiger partial charge in [-0.15, -0.1) is 0 Å². The third-order valence-corrected chi connectivity index (χ3v) is 4.46. The van der Waals surface area contributed by atoms with Gasteiger partial charge in [-0.2, -0.15) is 0 Å². The van der Waals surface area contributed by atoms with E-state index in [9.17, 15) is 18.4 Å². The average Bonchev–Trinajstić information content (AvgIpc) is 2.68. The molecule has 0 aliphatic rings. The first-order valence-electron chi connectivity index (χ1n) is 8.60. The number of halogens is 2. The van der Waals surface area contributed by atoms with Crippen LogP contribution in [0.4, 0.5) is 20.2 Å². The van der Waals surface area contributed by atoms with Gasteiger partial charge < -0.3 is 10.6 Å². The lowest BCUT2D eigenvalue weighted by atomic mass is 10.1. The summed E-state index contributed by atoms with van der Waals surface area (Å²) in [7, 11) is 0. The van der Waals surface area contributed by atoms with Crippen molar-refractivity contribution >= 4 is 23.2 Å². The van der Waals surface area contributed by atoms with Crippen LogP contribution in [0.1, 0.15) is 31.8 Å². The summed E-state index contributed by atoms with van der Waals surface area (Å²) in [6.45, 7) is 3.87. The Bertz CT molecular complexity index is 1030. The molecule has 0 saturated heterocycles. The van der Waals surface area contributed by atoms with Crippen molar-refractivity contribution in [3.05, 3.63) is 94.6 Å². The Morgan fingerprint density at radius 3 is 1.79 bits per heavy atom. The molecule has 0 aliphatic carbocycles. The monoisotopic (exact) mass is 380 g/mol. The maximum absolute atomic E-state index is 13.7. The van der Waals surface area contributed by atoms with Gasteiger partial charge in [-0.1, -0.05) is 18.2 Å². The van der Waals surface area contributed by atoms with Crippen LogP contribution in [0, 0.1) is 25.5 Å². The summed E-state index contributed by atoms with van der Waals surface area (Å²) in [5.41, 5.74) is 2.76. The summed E-state index contributed by atoms with van der Waals surface area (Å²) in [5.74, 6) is -2.72. The van der Waals surface area contributed by atoms with Crippen LogP contribution in [0.25, 0.3) is 0 Å². The molecule has 3 aromatic rings. The number of aryl methyl sites for hydroxylation is 1. The van der Waals surface area contributed by atoms with Crippen molar-refractivity contribution in [2.45, 2.75) is 13.8 Å². The van der Waals surface area contributed by atoms with Crippen molar-refractivity contribution in [1.82, 2.24) is 0 Å². The fraction of sp³-hybridized carbons (Fsp3) is 0.0909. The first kappa shape index (κ1) is 19.2. The van der Waals surface area contributed by atoms with E-state index in [1.165, 1.54) is 30.3 Å². The van der Waals surface area contributed by atoms with Crippen LogP contribution in [0.2, 0.25) is 0 Å². The molecule has 0 unspecified atom stereocenters. The average molecular weight is 380 g/mol. The van der Waals surface area contributed by atoms with Gasteiger partial charge in [0.2, 0.25) is 0 Å². The van der Waals surface area contributed by atoms with E-state index in [4.69, 9.17) is 0 Å². The Balaban J connectivity index is 1.73. The van der Waals surface area contributed by atoms with Gasteiger partial charge in [0, 0.05) is 16.8 Å². The summed E-state index contributed by atoms with van der Waals surface area (Å²) in [6.07, 6.45) is 0. The van der Waals surface area contributed by atoms with Gasteiger partial charge >= 0.3 is 0 Å². The number of benzene rings is 3. The molecule has 0 bridgehead atoms. The van der Waals surface area contributed by atoms with Crippen LogP contribution in [-0.2, 0) is 0 Å². The highest BCUT2D eigenvalue weighted by Crippen LogP contribution is 2.20. The van der Waals surface area contributed by atoms with Crippen molar-refractivity contribution in [2.75, 3.05) is 10.6 Å². The number of anilines is 2. The van der Waals surface area contributed by atoms with Crippen molar-refractivity contribution in [3.63, 3.8) is 0 Å². The molecule has 0 saturated carbocycles. The normalized spacial score (nSPS) is 10.4. The Kier molecular flexibility index (Phi) is 5.49. The predicted molar refractivity (Wildman–Crippen MR) is 105 cm³/mol. The van der Waals surface area contributed by atoms with E-state index in [1.807, 2.05) is 32.0 Å². The van der Waals surface area contributed by atoms with Gasteiger partial charge in [0.15, 0.2) is 0 Å². The molecule has 3 aromatic carbocycles. The second-order valence-corrected chi connectivity index (χ2v) is 6.33. The van der Waals surface area contributed by atoms with E-state index in [1.54, 1.807) is 0 Å². The smallest absolute Gasteiger partial charge is 0.255 e. The highest BCUT2D eigenvalue weighted by atomic mass is 19.1. The number of para-hydroxylation sites is 1. The number of carbonyl (C=O) groups excluding carboxylic acids is 2. The number of amides is 2. The van der Waals surface area contributed by atoms with E-state index in [0.717, 1.165) is 23.3 Å². The Labute approximate surface area is 161 Å². The van der Waals surface area contributed by atoms with E-state index in [-0.39, 0.29) is 11.5 Å². The molecule has 0 fully saturated rings. The SMILES string of the molecule is Cc1cccc(NC(=O)c2ccc(C(=O)Nc3c(F)cccc3F)cc2)c1C. The minimum atomic E-state index is -0.863. The van der Waals surface area contributed by atoms with Crippen LogP contribution >= 0.6 is 0 Å². The maximum atomic E-state index is 13.7. The Hall–Kier alpha value is -3.54. The molecule has 0 aromatic heterocycles. The topological polar surface area (TPSA) is 58.2 Å². The summed E-state index contributed by atoms with van der Waals surface area (Å²) in [4.78, 5) is 24.7. The number of hydrogen-bond acceptors (Lipinski definition) is 2. The van der Waals surface area contributed by atoms with Gasteiger partial charge in [-0.05, 0) is 67.4 Å². The van der Waals surface area contributed by atoms with Crippen LogP contribution in [0.15, 0.2) is 60.7 Å². The van der Waals surface area contributed by atoms with Gasteiger partial charge in [-0.25, -0.2) is 8.78 Å². The van der Waals surface area contributed by atoms with Crippen LogP contribution in [0.5, 0.6) is 0 Å². The van der Waals surface area contributed by atoms with Crippen LogP contribution in [0.3, 0.4) is 0 Å². The molecule has 4 nitrogen and oxygen atoms in total. The summed E-state index contributed by atoms with van der Waals surface area (Å²) in [5, 5.41) is 5.04. The molecule has 6 heteroatoms. The molecule has 0 spiro atoms. The molecule has 0 atom stereocenters. The molecule has 0 radical (unpaired) electrons. The fourth-order valence-electron chi connectivity index (χ4n) is 2.66. The molecule has 2 N–H and O–H groups in total. The quantitative estimate of drug-likeness (QED) is 0.663. The predicted octanol–water partition coefficient (Wildman–Crippen LogP) is 5.09. The van der Waals surface area contributed by atoms with Gasteiger partial charge in [0.1, 0.15) is 17.3 Å². The number of carbonyl (C=O) groups is 2. The van der Waals surface area contributed by atoms with Crippen molar-refractivity contribution in [1.29, 1.82) is 0 Å². The maximum Gasteiger partial charge on any atom is 0.255 e. The van der Waals surface area contributed by atoms with Gasteiger partial charge in [-0.3, -0.25) is 9.59 Å². The lowest BCUT2D eigenvalue weighted by Gasteiger charge is -2.11. The number of nitrogens with one attached hydrogen (secondary N) is 2. The van der Waals surface area contributed by atoms with Gasteiger partial charge in [0.05, 0.1) is 0 Å². The minimum Gasteiger partial charge on any atom is -0.322 e. The lowest BCUT2D eigenvalue weighted by molar-refractivity contribution is 0.101. The zero-order valence-electron chi connectivity index (χ0n) is 15.3. The molecule has 142 valence electrons. The molecule has 3 rings (SSSR count). The second kappa shape index (κ2) is 8.00. The van der Waals surface area contributed by atoms with Crippen LogP contribution < -0.4 is 10.6 Å². The molecular formula is C22H18F2N2O2. The van der Waals surface area contributed by atoms with Gasteiger partial charge in [0.25, 0.3) is 11.8 Å². The van der Waals surface area contributed by atoms with Crippen molar-refractivity contribution in [3.8, 4) is 0 Å². The summed E-state index contributed by atoms with van der Waals surface area (Å²) < 4.78 is 27.3. The molecule has 0 heterocycles. The zero-order chi connectivity index (χ0) is 20.3. The molecule has 0 aliphatic heterocycles. The standard InChI is InChI=1S/C22H18F2N2O2/c1-13-5-3-8-19(14(13)2)25-21(27)15-9-11-16(12-10-15)22(28)26-20-17(23)6-4-7-18(20)24/h3-12H,1-2H3,(H,25,27)(H,26,28). The first-order valence-corrected chi connectivity index (χ1v) is 8.60. The fourth-order valence-corrected chi connectivity index (χ4v) is 2.66. The molecule has 2 amide bonds. The molecule has 28 heavy (non-hydrogen) atoms. The Morgan fingerprint density at radius 2 is 1.21 bits per heavy atom. The minimum absolute atomic E-state index is 0.172. The lowest BCUT2D eigenvalue weighted by Crippen LogP contribution is -2.16. The summed E-state index contributed by atoms with van der Waals surface area (Å²) >= 11 is 0. The van der Waals surface area contributed by atoms with E-state index < -0.39 is 23.2 Å². The number of rotatable bonds is 4. The zero-order valence-corrected chi connectivity index (χ0v) is 15.3. The molecular weight excluding hydrogens is 362 g/mol.